The highest BCUT2D eigenvalue weighted by Crippen LogP contribution is 2.28. The van der Waals surface area contributed by atoms with E-state index in [2.05, 4.69) is 27.3 Å². The Bertz CT molecular complexity index is 359. The van der Waals surface area contributed by atoms with Crippen molar-refractivity contribution in [3.63, 3.8) is 0 Å². The zero-order valence-electron chi connectivity index (χ0n) is 10.0. The summed E-state index contributed by atoms with van der Waals surface area (Å²) in [5.41, 5.74) is 1.07. The van der Waals surface area contributed by atoms with Crippen LogP contribution in [0.25, 0.3) is 0 Å². The fourth-order valence-electron chi connectivity index (χ4n) is 2.43. The van der Waals surface area contributed by atoms with Gasteiger partial charge in [-0.05, 0) is 31.0 Å². The van der Waals surface area contributed by atoms with Gasteiger partial charge in [-0.1, -0.05) is 59.6 Å². The first kappa shape index (κ1) is 13.2. The molecule has 0 bridgehead atoms. The molecule has 0 radical (unpaired) electrons. The molecule has 17 heavy (non-hydrogen) atoms. The summed E-state index contributed by atoms with van der Waals surface area (Å²) in [6, 6.07) is 6.64. The molecule has 0 atom stereocenters. The molecule has 0 saturated heterocycles. The van der Waals surface area contributed by atoms with Crippen LogP contribution in [0.3, 0.4) is 0 Å². The molecule has 94 valence electrons. The van der Waals surface area contributed by atoms with Gasteiger partial charge in [0.1, 0.15) is 0 Å². The highest BCUT2D eigenvalue weighted by Gasteiger charge is 2.12. The van der Waals surface area contributed by atoms with E-state index in [1.807, 2.05) is 12.1 Å². The van der Waals surface area contributed by atoms with Gasteiger partial charge >= 0.3 is 0 Å². The summed E-state index contributed by atoms with van der Waals surface area (Å²) < 4.78 is 1.03. The topological polar surface area (TPSA) is 12.0 Å². The minimum Gasteiger partial charge on any atom is -0.381 e. The fourth-order valence-corrected chi connectivity index (χ4v) is 3.15. The summed E-state index contributed by atoms with van der Waals surface area (Å²) in [7, 11) is 0. The van der Waals surface area contributed by atoms with E-state index in [0.717, 1.165) is 15.2 Å². The van der Waals surface area contributed by atoms with Crippen LogP contribution in [-0.2, 0) is 0 Å². The molecule has 0 unspecified atom stereocenters. The monoisotopic (exact) mass is 315 g/mol. The summed E-state index contributed by atoms with van der Waals surface area (Å²) in [5.74, 6) is 0. The number of hydrogen-bond donors (Lipinski definition) is 1. The van der Waals surface area contributed by atoms with Gasteiger partial charge in [-0.15, -0.1) is 0 Å². The van der Waals surface area contributed by atoms with Crippen LogP contribution in [0.2, 0.25) is 5.02 Å². The molecule has 1 saturated carbocycles. The van der Waals surface area contributed by atoms with E-state index in [-0.39, 0.29) is 0 Å². The quantitative estimate of drug-likeness (QED) is 0.746. The van der Waals surface area contributed by atoms with Crippen molar-refractivity contribution in [1.29, 1.82) is 0 Å². The Morgan fingerprint density at radius 1 is 1.06 bits per heavy atom. The summed E-state index contributed by atoms with van der Waals surface area (Å²) in [6.45, 7) is 0. The van der Waals surface area contributed by atoms with Gasteiger partial charge in [0.2, 0.25) is 0 Å². The first-order valence-corrected chi connectivity index (χ1v) is 7.64. The number of rotatable bonds is 2. The molecular weight excluding hydrogens is 298 g/mol. The van der Waals surface area contributed by atoms with Crippen molar-refractivity contribution in [1.82, 2.24) is 0 Å². The van der Waals surface area contributed by atoms with E-state index in [0.29, 0.717) is 6.04 Å². The average Bonchev–Trinajstić information content (AvgIpc) is 2.25. The first-order valence-electron chi connectivity index (χ1n) is 6.47. The molecule has 1 fully saturated rings. The second-order valence-electron chi connectivity index (χ2n) is 4.81. The van der Waals surface area contributed by atoms with E-state index in [4.69, 9.17) is 11.6 Å². The zero-order chi connectivity index (χ0) is 12.1. The van der Waals surface area contributed by atoms with Crippen LogP contribution in [0.15, 0.2) is 22.7 Å². The summed E-state index contributed by atoms with van der Waals surface area (Å²) in [6.07, 6.45) is 9.39. The van der Waals surface area contributed by atoms with E-state index in [9.17, 15) is 0 Å². The smallest absolute Gasteiger partial charge is 0.0648 e. The Balaban J connectivity index is 1.98. The zero-order valence-corrected chi connectivity index (χ0v) is 12.4. The molecule has 0 heterocycles. The fraction of sp³-hybridized carbons (Fsp3) is 0.571. The third-order valence-electron chi connectivity index (χ3n) is 3.40. The predicted octanol–water partition coefficient (Wildman–Crippen LogP) is 5.63. The lowest BCUT2D eigenvalue weighted by Gasteiger charge is -2.22. The van der Waals surface area contributed by atoms with E-state index in [1.54, 1.807) is 0 Å². The lowest BCUT2D eigenvalue weighted by molar-refractivity contribution is 0.471. The number of nitrogens with one attached hydrogen (secondary N) is 1. The Labute approximate surface area is 117 Å². The van der Waals surface area contributed by atoms with E-state index < -0.39 is 0 Å². The maximum Gasteiger partial charge on any atom is 0.0648 e. The molecule has 1 N–H and O–H groups in total. The molecule has 1 aliphatic carbocycles. The molecule has 0 aromatic heterocycles. The highest BCUT2D eigenvalue weighted by atomic mass is 79.9. The van der Waals surface area contributed by atoms with Gasteiger partial charge in [0.25, 0.3) is 0 Å². The number of benzene rings is 1. The van der Waals surface area contributed by atoms with E-state index >= 15 is 0 Å². The van der Waals surface area contributed by atoms with Crippen molar-refractivity contribution in [3.05, 3.63) is 27.7 Å². The molecule has 1 nitrogen and oxygen atoms in total. The maximum atomic E-state index is 6.23. The second kappa shape index (κ2) is 6.65. The molecule has 1 aromatic carbocycles. The van der Waals surface area contributed by atoms with Crippen molar-refractivity contribution in [2.75, 3.05) is 5.32 Å². The van der Waals surface area contributed by atoms with Gasteiger partial charge in [0.05, 0.1) is 10.7 Å². The molecule has 3 heteroatoms. The summed E-state index contributed by atoms with van der Waals surface area (Å²) >= 11 is 9.66. The van der Waals surface area contributed by atoms with Gasteiger partial charge in [-0.25, -0.2) is 0 Å². The first-order chi connectivity index (χ1) is 8.25. The van der Waals surface area contributed by atoms with Crippen molar-refractivity contribution in [2.45, 2.75) is 51.0 Å². The van der Waals surface area contributed by atoms with Crippen molar-refractivity contribution < 1.29 is 0 Å². The molecular formula is C14H19BrClN. The lowest BCUT2D eigenvalue weighted by atomic mass is 9.96. The molecule has 0 aliphatic heterocycles. The minimum atomic E-state index is 0.592. The van der Waals surface area contributed by atoms with Gasteiger partial charge in [0.15, 0.2) is 0 Å². The van der Waals surface area contributed by atoms with Crippen molar-refractivity contribution >= 4 is 33.2 Å². The molecule has 2 rings (SSSR count). The third-order valence-corrected chi connectivity index (χ3v) is 4.20. The normalized spacial score (nSPS) is 18.5. The number of hydrogen-bond acceptors (Lipinski definition) is 1. The number of halogens is 2. The molecule has 1 aliphatic rings. The minimum absolute atomic E-state index is 0.592. The largest absolute Gasteiger partial charge is 0.381 e. The Morgan fingerprint density at radius 2 is 1.71 bits per heavy atom. The average molecular weight is 317 g/mol. The Morgan fingerprint density at radius 3 is 2.35 bits per heavy atom. The van der Waals surface area contributed by atoms with Crippen LogP contribution >= 0.6 is 27.5 Å². The Hall–Kier alpha value is -0.210. The van der Waals surface area contributed by atoms with Gasteiger partial charge in [-0.2, -0.15) is 0 Å². The van der Waals surface area contributed by atoms with E-state index in [1.165, 1.54) is 44.9 Å². The van der Waals surface area contributed by atoms with Gasteiger partial charge in [-0.3, -0.25) is 0 Å². The predicted molar refractivity (Wildman–Crippen MR) is 78.9 cm³/mol. The van der Waals surface area contributed by atoms with Crippen molar-refractivity contribution in [3.8, 4) is 0 Å². The molecule has 0 amide bonds. The third kappa shape index (κ3) is 4.18. The SMILES string of the molecule is Clc1cc(Br)ccc1NC1CCCCCCC1. The van der Waals surface area contributed by atoms with Crippen LogP contribution in [0.5, 0.6) is 0 Å². The van der Waals surface area contributed by atoms with Crippen LogP contribution in [-0.4, -0.2) is 6.04 Å². The van der Waals surface area contributed by atoms with Crippen LogP contribution in [0.4, 0.5) is 5.69 Å². The Kier molecular flexibility index (Phi) is 5.17. The standard InChI is InChI=1S/C14H19BrClN/c15-11-8-9-14(13(16)10-11)17-12-6-4-2-1-3-5-7-12/h8-10,12,17H,1-7H2. The number of anilines is 1. The summed E-state index contributed by atoms with van der Waals surface area (Å²) in [4.78, 5) is 0. The van der Waals surface area contributed by atoms with Crippen LogP contribution in [0.1, 0.15) is 44.9 Å². The molecule has 0 spiro atoms. The van der Waals surface area contributed by atoms with Gasteiger partial charge < -0.3 is 5.32 Å². The summed E-state index contributed by atoms with van der Waals surface area (Å²) in [5, 5.41) is 4.40. The van der Waals surface area contributed by atoms with Gasteiger partial charge in [0, 0.05) is 10.5 Å². The second-order valence-corrected chi connectivity index (χ2v) is 6.13. The molecule has 1 aromatic rings. The maximum absolute atomic E-state index is 6.23. The lowest BCUT2D eigenvalue weighted by Crippen LogP contribution is -2.20. The van der Waals surface area contributed by atoms with Crippen molar-refractivity contribution in [2.24, 2.45) is 0 Å². The van der Waals surface area contributed by atoms with Crippen LogP contribution in [0, 0.1) is 0 Å². The highest BCUT2D eigenvalue weighted by molar-refractivity contribution is 9.10. The van der Waals surface area contributed by atoms with Crippen LogP contribution < -0.4 is 5.32 Å².